The number of thiazole rings is 1. The third-order valence-corrected chi connectivity index (χ3v) is 6.07. The summed E-state index contributed by atoms with van der Waals surface area (Å²) < 4.78 is 10.5. The number of hydrogen-bond donors (Lipinski definition) is 1. The Morgan fingerprint density at radius 2 is 1.67 bits per heavy atom. The summed E-state index contributed by atoms with van der Waals surface area (Å²) in [6.45, 7) is 2.18. The molecule has 1 fully saturated rings. The smallest absolute Gasteiger partial charge is 0.255 e. The van der Waals surface area contributed by atoms with Crippen molar-refractivity contribution in [3.8, 4) is 22.8 Å². The van der Waals surface area contributed by atoms with E-state index in [0.717, 1.165) is 35.2 Å². The van der Waals surface area contributed by atoms with Crippen molar-refractivity contribution in [1.29, 1.82) is 0 Å². The first-order chi connectivity index (χ1) is 14.7. The monoisotopic (exact) mass is 423 g/mol. The van der Waals surface area contributed by atoms with Crippen LogP contribution in [0.5, 0.6) is 11.5 Å². The summed E-state index contributed by atoms with van der Waals surface area (Å²) in [6, 6.07) is 12.9. The summed E-state index contributed by atoms with van der Waals surface area (Å²) in [4.78, 5) is 19.8. The number of carbonyl (C=O) groups is 1. The van der Waals surface area contributed by atoms with Gasteiger partial charge >= 0.3 is 0 Å². The summed E-state index contributed by atoms with van der Waals surface area (Å²) in [6.07, 6.45) is 3.79. The number of anilines is 2. The van der Waals surface area contributed by atoms with Crippen LogP contribution in [0.2, 0.25) is 0 Å². The van der Waals surface area contributed by atoms with Crippen molar-refractivity contribution in [1.82, 2.24) is 4.98 Å². The van der Waals surface area contributed by atoms with Gasteiger partial charge in [0.05, 0.1) is 19.9 Å². The molecule has 30 heavy (non-hydrogen) atoms. The van der Waals surface area contributed by atoms with Crippen LogP contribution in [0.1, 0.15) is 29.6 Å². The van der Waals surface area contributed by atoms with Crippen LogP contribution in [0.3, 0.4) is 0 Å². The predicted octanol–water partition coefficient (Wildman–Crippen LogP) is 5.07. The first-order valence-electron chi connectivity index (χ1n) is 10.0. The van der Waals surface area contributed by atoms with E-state index in [4.69, 9.17) is 14.5 Å². The van der Waals surface area contributed by atoms with Crippen molar-refractivity contribution in [2.24, 2.45) is 0 Å². The van der Waals surface area contributed by atoms with Gasteiger partial charge in [-0.3, -0.25) is 4.79 Å². The van der Waals surface area contributed by atoms with Gasteiger partial charge in [0.25, 0.3) is 5.91 Å². The summed E-state index contributed by atoms with van der Waals surface area (Å²) in [5.41, 5.74) is 3.20. The van der Waals surface area contributed by atoms with Crippen LogP contribution in [0.4, 0.5) is 10.8 Å². The number of nitrogens with zero attached hydrogens (tertiary/aromatic N) is 2. The summed E-state index contributed by atoms with van der Waals surface area (Å²) in [5.74, 6) is 0.923. The van der Waals surface area contributed by atoms with Crippen LogP contribution in [0.25, 0.3) is 11.3 Å². The second-order valence-electron chi connectivity index (χ2n) is 7.20. The highest BCUT2D eigenvalue weighted by atomic mass is 32.1. The van der Waals surface area contributed by atoms with Crippen molar-refractivity contribution in [3.05, 3.63) is 53.4 Å². The number of piperidine rings is 1. The van der Waals surface area contributed by atoms with Gasteiger partial charge in [-0.1, -0.05) is 12.1 Å². The number of rotatable bonds is 6. The average molecular weight is 424 g/mol. The maximum Gasteiger partial charge on any atom is 0.255 e. The van der Waals surface area contributed by atoms with E-state index in [1.54, 1.807) is 43.8 Å². The van der Waals surface area contributed by atoms with E-state index in [9.17, 15) is 4.79 Å². The van der Waals surface area contributed by atoms with Gasteiger partial charge in [0.1, 0.15) is 11.5 Å². The van der Waals surface area contributed by atoms with E-state index in [2.05, 4.69) is 15.6 Å². The van der Waals surface area contributed by atoms with Gasteiger partial charge in [0.15, 0.2) is 5.13 Å². The molecule has 156 valence electrons. The summed E-state index contributed by atoms with van der Waals surface area (Å²) >= 11 is 1.69. The fraction of sp³-hybridized carbons (Fsp3) is 0.304. The zero-order valence-corrected chi connectivity index (χ0v) is 18.0. The Kier molecular flexibility index (Phi) is 6.18. The highest BCUT2D eigenvalue weighted by Gasteiger charge is 2.15. The highest BCUT2D eigenvalue weighted by Crippen LogP contribution is 2.30. The molecular weight excluding hydrogens is 398 g/mol. The molecule has 1 aromatic heterocycles. The van der Waals surface area contributed by atoms with Gasteiger partial charge in [-0.2, -0.15) is 0 Å². The van der Waals surface area contributed by atoms with E-state index in [-0.39, 0.29) is 5.91 Å². The number of nitrogens with one attached hydrogen (secondary N) is 1. The number of amides is 1. The number of benzene rings is 2. The van der Waals surface area contributed by atoms with Gasteiger partial charge < -0.3 is 19.7 Å². The van der Waals surface area contributed by atoms with E-state index in [0.29, 0.717) is 17.1 Å². The van der Waals surface area contributed by atoms with E-state index in [1.165, 1.54) is 19.3 Å². The molecule has 7 heteroatoms. The molecule has 0 unspecified atom stereocenters. The first kappa shape index (κ1) is 20.2. The molecule has 1 saturated heterocycles. The molecule has 0 spiro atoms. The van der Waals surface area contributed by atoms with Crippen LogP contribution in [-0.2, 0) is 0 Å². The molecule has 0 atom stereocenters. The normalized spacial score (nSPS) is 13.7. The molecule has 0 saturated carbocycles. The molecule has 3 aromatic rings. The Balaban J connectivity index is 1.45. The fourth-order valence-corrected chi connectivity index (χ4v) is 4.38. The SMILES string of the molecule is COc1cc(OC)cc(C(=O)Nc2ccc(-c3csc(N4CCCCC4)n3)cc2)c1. The minimum Gasteiger partial charge on any atom is -0.497 e. The van der Waals surface area contributed by atoms with Crippen LogP contribution in [0, 0.1) is 0 Å². The van der Waals surface area contributed by atoms with Crippen molar-refractivity contribution in [2.75, 3.05) is 37.5 Å². The van der Waals surface area contributed by atoms with Crippen LogP contribution in [-0.4, -0.2) is 38.2 Å². The zero-order valence-electron chi connectivity index (χ0n) is 17.2. The molecule has 2 heterocycles. The van der Waals surface area contributed by atoms with Crippen LogP contribution >= 0.6 is 11.3 Å². The second-order valence-corrected chi connectivity index (χ2v) is 8.03. The third-order valence-electron chi connectivity index (χ3n) is 5.17. The van der Waals surface area contributed by atoms with E-state index < -0.39 is 0 Å². The third kappa shape index (κ3) is 4.57. The molecule has 0 aliphatic carbocycles. The van der Waals surface area contributed by atoms with Gasteiger partial charge in [-0.05, 0) is 43.5 Å². The molecule has 1 aliphatic rings. The lowest BCUT2D eigenvalue weighted by atomic mass is 10.1. The second kappa shape index (κ2) is 9.17. The van der Waals surface area contributed by atoms with E-state index >= 15 is 0 Å². The highest BCUT2D eigenvalue weighted by molar-refractivity contribution is 7.14. The Morgan fingerprint density at radius 1 is 1.00 bits per heavy atom. The molecule has 4 rings (SSSR count). The van der Waals surface area contributed by atoms with Crippen LogP contribution in [0.15, 0.2) is 47.8 Å². The lowest BCUT2D eigenvalue weighted by Crippen LogP contribution is -2.29. The number of ether oxygens (including phenoxy) is 2. The molecule has 2 aromatic carbocycles. The van der Waals surface area contributed by atoms with Gasteiger partial charge in [-0.15, -0.1) is 11.3 Å². The Hall–Kier alpha value is -3.06. The maximum absolute atomic E-state index is 12.6. The van der Waals surface area contributed by atoms with Crippen molar-refractivity contribution in [3.63, 3.8) is 0 Å². The molecule has 1 amide bonds. The molecule has 0 bridgehead atoms. The average Bonchev–Trinajstić information content (AvgIpc) is 3.30. The minimum atomic E-state index is -0.221. The largest absolute Gasteiger partial charge is 0.497 e. The molecule has 6 nitrogen and oxygen atoms in total. The van der Waals surface area contributed by atoms with Gasteiger partial charge in [0, 0.05) is 41.4 Å². The number of aromatic nitrogens is 1. The maximum atomic E-state index is 12.6. The topological polar surface area (TPSA) is 63.7 Å². The molecule has 0 radical (unpaired) electrons. The van der Waals surface area contributed by atoms with Crippen molar-refractivity contribution >= 4 is 28.1 Å². The quantitative estimate of drug-likeness (QED) is 0.600. The van der Waals surface area contributed by atoms with Gasteiger partial charge in [0.2, 0.25) is 0 Å². The lowest BCUT2D eigenvalue weighted by Gasteiger charge is -2.25. The Morgan fingerprint density at radius 3 is 2.30 bits per heavy atom. The van der Waals surface area contributed by atoms with Crippen molar-refractivity contribution in [2.45, 2.75) is 19.3 Å². The minimum absolute atomic E-state index is 0.221. The number of carbonyl (C=O) groups excluding carboxylic acids is 1. The zero-order chi connectivity index (χ0) is 20.9. The predicted molar refractivity (Wildman–Crippen MR) is 121 cm³/mol. The van der Waals surface area contributed by atoms with Crippen molar-refractivity contribution < 1.29 is 14.3 Å². The Labute approximate surface area is 180 Å². The number of hydrogen-bond acceptors (Lipinski definition) is 6. The summed E-state index contributed by atoms with van der Waals surface area (Å²) in [7, 11) is 3.12. The fourth-order valence-electron chi connectivity index (χ4n) is 3.49. The number of methoxy groups -OCH3 is 2. The lowest BCUT2D eigenvalue weighted by molar-refractivity contribution is 0.102. The molecule has 1 aliphatic heterocycles. The molecular formula is C23H25N3O3S. The van der Waals surface area contributed by atoms with Gasteiger partial charge in [-0.25, -0.2) is 4.98 Å². The van der Waals surface area contributed by atoms with Crippen LogP contribution < -0.4 is 19.7 Å². The summed E-state index contributed by atoms with van der Waals surface area (Å²) in [5, 5.41) is 6.11. The Bertz CT molecular complexity index is 989. The first-order valence-corrected chi connectivity index (χ1v) is 10.9. The standard InChI is InChI=1S/C23H25N3O3S/c1-28-19-12-17(13-20(14-19)29-2)22(27)24-18-8-6-16(7-9-18)21-15-30-23(25-21)26-10-4-3-5-11-26/h6-9,12-15H,3-5,10-11H2,1-2H3,(H,24,27). The van der Waals surface area contributed by atoms with E-state index in [1.807, 2.05) is 24.3 Å². The molecule has 1 N–H and O–H groups in total.